The fourth-order valence-corrected chi connectivity index (χ4v) is 3.44. The van der Waals surface area contributed by atoms with E-state index < -0.39 is 28.1 Å². The van der Waals surface area contributed by atoms with Crippen LogP contribution in [-0.2, 0) is 14.8 Å². The van der Waals surface area contributed by atoms with E-state index in [1.807, 2.05) is 0 Å². The van der Waals surface area contributed by atoms with Crippen LogP contribution in [0.1, 0.15) is 26.5 Å². The Bertz CT molecular complexity index is 656. The Morgan fingerprint density at radius 2 is 2.10 bits per heavy atom. The second kappa shape index (κ2) is 5.56. The monoisotopic (exact) mass is 297 g/mol. The Morgan fingerprint density at radius 1 is 1.50 bits per heavy atom. The molecule has 0 aromatic carbocycles. The third kappa shape index (κ3) is 3.31. The topological polar surface area (TPSA) is 111 Å². The van der Waals surface area contributed by atoms with Gasteiger partial charge in [0, 0.05) is 11.7 Å². The van der Waals surface area contributed by atoms with Crippen LogP contribution in [0.25, 0.3) is 0 Å². The van der Waals surface area contributed by atoms with E-state index >= 15 is 0 Å². The number of carboxylic acid groups (broad SMARTS) is 1. The molecule has 7 nitrogen and oxygen atoms in total. The number of nitrogens with zero attached hydrogens (tertiary/aromatic N) is 3. The van der Waals surface area contributed by atoms with Crippen molar-refractivity contribution in [2.24, 2.45) is 0 Å². The summed E-state index contributed by atoms with van der Waals surface area (Å²) < 4.78 is 26.0. The van der Waals surface area contributed by atoms with Gasteiger partial charge in [-0.2, -0.15) is 9.57 Å². The Labute approximate surface area is 117 Å². The Kier molecular flexibility index (Phi) is 4.47. The first-order valence-electron chi connectivity index (χ1n) is 5.70. The summed E-state index contributed by atoms with van der Waals surface area (Å²) in [5.41, 5.74) is -1.20. The van der Waals surface area contributed by atoms with Crippen molar-refractivity contribution in [1.82, 2.24) is 9.29 Å². The maximum atomic E-state index is 12.6. The van der Waals surface area contributed by atoms with E-state index in [1.165, 1.54) is 18.3 Å². The summed E-state index contributed by atoms with van der Waals surface area (Å²) in [5, 5.41) is 17.8. The normalized spacial score (nSPS) is 12.2. The van der Waals surface area contributed by atoms with E-state index in [-0.39, 0.29) is 10.6 Å². The number of pyridine rings is 1. The van der Waals surface area contributed by atoms with E-state index in [0.717, 1.165) is 4.31 Å². The van der Waals surface area contributed by atoms with E-state index in [2.05, 4.69) is 4.98 Å². The maximum Gasteiger partial charge on any atom is 0.318 e. The highest BCUT2D eigenvalue weighted by molar-refractivity contribution is 7.89. The lowest BCUT2D eigenvalue weighted by Crippen LogP contribution is -2.48. The number of carbonyl (C=O) groups is 1. The standard InChI is InChI=1S/C12H15N3O4S/c1-12(2,3)15(8-11(16)17)20(18,19)10-5-4-6-14-9(10)7-13/h4-6H,8H2,1-3H3,(H,16,17). The highest BCUT2D eigenvalue weighted by Gasteiger charge is 2.37. The van der Waals surface area contributed by atoms with Gasteiger partial charge in [0.15, 0.2) is 5.69 Å². The van der Waals surface area contributed by atoms with Gasteiger partial charge in [0.2, 0.25) is 10.0 Å². The molecule has 1 aromatic heterocycles. The van der Waals surface area contributed by atoms with Gasteiger partial charge in [0.1, 0.15) is 17.5 Å². The summed E-state index contributed by atoms with van der Waals surface area (Å²) in [6.07, 6.45) is 1.30. The van der Waals surface area contributed by atoms with Crippen molar-refractivity contribution < 1.29 is 18.3 Å². The van der Waals surface area contributed by atoms with E-state index in [9.17, 15) is 13.2 Å². The van der Waals surface area contributed by atoms with Crippen molar-refractivity contribution >= 4 is 16.0 Å². The van der Waals surface area contributed by atoms with Gasteiger partial charge in [-0.3, -0.25) is 4.79 Å². The Hall–Kier alpha value is -1.98. The van der Waals surface area contributed by atoms with Gasteiger partial charge in [0.25, 0.3) is 0 Å². The lowest BCUT2D eigenvalue weighted by atomic mass is 10.1. The molecule has 108 valence electrons. The summed E-state index contributed by atoms with van der Waals surface area (Å²) >= 11 is 0. The van der Waals surface area contributed by atoms with Crippen LogP contribution in [-0.4, -0.2) is 40.9 Å². The van der Waals surface area contributed by atoms with Gasteiger partial charge in [-0.1, -0.05) is 0 Å². The third-order valence-electron chi connectivity index (χ3n) is 2.47. The van der Waals surface area contributed by atoms with Crippen LogP contribution < -0.4 is 0 Å². The number of hydrogen-bond acceptors (Lipinski definition) is 5. The number of sulfonamides is 1. The highest BCUT2D eigenvalue weighted by Crippen LogP contribution is 2.25. The van der Waals surface area contributed by atoms with E-state index in [0.29, 0.717) is 0 Å². The number of aliphatic carboxylic acids is 1. The minimum Gasteiger partial charge on any atom is -0.480 e. The highest BCUT2D eigenvalue weighted by atomic mass is 32.2. The molecule has 0 aliphatic carbocycles. The Morgan fingerprint density at radius 3 is 2.55 bits per heavy atom. The molecule has 0 amide bonds. The average molecular weight is 297 g/mol. The van der Waals surface area contributed by atoms with E-state index in [1.54, 1.807) is 26.8 Å². The van der Waals surface area contributed by atoms with Gasteiger partial charge in [-0.05, 0) is 32.9 Å². The molecule has 1 aromatic rings. The first kappa shape index (κ1) is 16.1. The predicted octanol–water partition coefficient (Wildman–Crippen LogP) is 0.827. The van der Waals surface area contributed by atoms with Crippen molar-refractivity contribution in [3.63, 3.8) is 0 Å². The van der Waals surface area contributed by atoms with Gasteiger partial charge in [0.05, 0.1) is 0 Å². The lowest BCUT2D eigenvalue weighted by Gasteiger charge is -2.33. The summed E-state index contributed by atoms with van der Waals surface area (Å²) in [6, 6.07) is 4.32. The first-order valence-corrected chi connectivity index (χ1v) is 7.14. The molecule has 0 radical (unpaired) electrons. The van der Waals surface area contributed by atoms with Crippen LogP contribution in [0, 0.1) is 11.3 Å². The number of aromatic nitrogens is 1. The van der Waals surface area contributed by atoms with Crippen LogP contribution in [0.15, 0.2) is 23.2 Å². The number of hydrogen-bond donors (Lipinski definition) is 1. The van der Waals surface area contributed by atoms with Crippen LogP contribution in [0.5, 0.6) is 0 Å². The molecular weight excluding hydrogens is 282 g/mol. The molecule has 1 heterocycles. The minimum atomic E-state index is -4.13. The minimum absolute atomic E-state index is 0.257. The molecule has 0 saturated heterocycles. The number of nitriles is 1. The number of rotatable bonds is 4. The molecule has 0 spiro atoms. The van der Waals surface area contributed by atoms with Gasteiger partial charge in [-0.15, -0.1) is 0 Å². The second-order valence-corrected chi connectivity index (χ2v) is 6.87. The smallest absolute Gasteiger partial charge is 0.318 e. The second-order valence-electron chi connectivity index (χ2n) is 5.04. The quantitative estimate of drug-likeness (QED) is 0.881. The first-order chi connectivity index (χ1) is 9.10. The third-order valence-corrected chi connectivity index (χ3v) is 4.61. The van der Waals surface area contributed by atoms with Crippen molar-refractivity contribution in [3.05, 3.63) is 24.0 Å². The molecule has 0 fully saturated rings. The van der Waals surface area contributed by atoms with Crippen LogP contribution in [0.3, 0.4) is 0 Å². The van der Waals surface area contributed by atoms with Crippen molar-refractivity contribution in [2.45, 2.75) is 31.2 Å². The zero-order valence-electron chi connectivity index (χ0n) is 11.4. The van der Waals surface area contributed by atoms with Crippen molar-refractivity contribution in [3.8, 4) is 6.07 Å². The SMILES string of the molecule is CC(C)(C)N(CC(=O)O)S(=O)(=O)c1cccnc1C#N. The van der Waals surface area contributed by atoms with Gasteiger partial charge >= 0.3 is 5.97 Å². The maximum absolute atomic E-state index is 12.6. The molecule has 0 saturated carbocycles. The fraction of sp³-hybridized carbons (Fsp3) is 0.417. The van der Waals surface area contributed by atoms with Crippen LogP contribution >= 0.6 is 0 Å². The summed E-state index contributed by atoms with van der Waals surface area (Å²) in [5.74, 6) is -1.27. The molecule has 1 rings (SSSR count). The van der Waals surface area contributed by atoms with Crippen molar-refractivity contribution in [1.29, 1.82) is 5.26 Å². The molecule has 0 aliphatic rings. The molecule has 8 heteroatoms. The van der Waals surface area contributed by atoms with Crippen molar-refractivity contribution in [2.75, 3.05) is 6.54 Å². The number of carboxylic acids is 1. The molecule has 0 unspecified atom stereocenters. The summed E-state index contributed by atoms with van der Waals surface area (Å²) in [6.45, 7) is 4.05. The average Bonchev–Trinajstić information content (AvgIpc) is 2.34. The molecule has 20 heavy (non-hydrogen) atoms. The van der Waals surface area contributed by atoms with Gasteiger partial charge < -0.3 is 5.11 Å². The Balaban J connectivity index is 3.46. The lowest BCUT2D eigenvalue weighted by molar-refractivity contribution is -0.138. The molecule has 0 bridgehead atoms. The van der Waals surface area contributed by atoms with Crippen LogP contribution in [0.2, 0.25) is 0 Å². The molecule has 1 N–H and O–H groups in total. The zero-order chi connectivity index (χ0) is 15.6. The molecular formula is C12H15N3O4S. The molecule has 0 aliphatic heterocycles. The predicted molar refractivity (Wildman–Crippen MR) is 70.2 cm³/mol. The fourth-order valence-electron chi connectivity index (χ4n) is 1.61. The van der Waals surface area contributed by atoms with E-state index in [4.69, 9.17) is 10.4 Å². The zero-order valence-corrected chi connectivity index (χ0v) is 12.2. The molecule has 0 atom stereocenters. The largest absolute Gasteiger partial charge is 0.480 e. The summed E-state index contributed by atoms with van der Waals surface area (Å²) in [4.78, 5) is 14.3. The van der Waals surface area contributed by atoms with Gasteiger partial charge in [-0.25, -0.2) is 13.4 Å². The summed E-state index contributed by atoms with van der Waals surface area (Å²) in [7, 11) is -4.13. The van der Waals surface area contributed by atoms with Crippen LogP contribution in [0.4, 0.5) is 0 Å².